The fraction of sp³-hybridized carbons (Fsp3) is 0.286. The van der Waals surface area contributed by atoms with E-state index in [1.807, 2.05) is 32.0 Å². The Morgan fingerprint density at radius 1 is 1.11 bits per heavy atom. The van der Waals surface area contributed by atoms with Crippen molar-refractivity contribution < 1.29 is 19.1 Å². The Hall–Kier alpha value is -3.35. The zero-order valence-electron chi connectivity index (χ0n) is 16.3. The van der Waals surface area contributed by atoms with Crippen molar-refractivity contribution in [3.05, 3.63) is 64.7 Å². The second-order valence-corrected chi connectivity index (χ2v) is 7.05. The molecule has 0 spiro atoms. The predicted octanol–water partition coefficient (Wildman–Crippen LogP) is 2.35. The highest BCUT2D eigenvalue weighted by molar-refractivity contribution is 6.08. The fourth-order valence-corrected chi connectivity index (χ4v) is 3.12. The summed E-state index contributed by atoms with van der Waals surface area (Å²) in [4.78, 5) is 37.6. The molecule has 7 nitrogen and oxygen atoms in total. The molecule has 1 atom stereocenters. The molecule has 0 unspecified atom stereocenters. The summed E-state index contributed by atoms with van der Waals surface area (Å²) >= 11 is 0. The minimum absolute atomic E-state index is 0.0669. The van der Waals surface area contributed by atoms with E-state index in [1.165, 1.54) is 0 Å². The standard InChI is InChI=1S/C21H23N3O4/c1-13-5-6-15(11-14(13)2)12-18(25)23-24-19(26)21(3,22-20(24)27)16-7-9-17(28-4)10-8-16/h5-11H,12H2,1-4H3,(H,22,27)(H,23,25)/t21-/m1/s1. The average molecular weight is 381 g/mol. The Bertz CT molecular complexity index is 939. The Morgan fingerprint density at radius 2 is 1.79 bits per heavy atom. The molecule has 4 amide bonds. The molecule has 1 aliphatic rings. The highest BCUT2D eigenvalue weighted by Crippen LogP contribution is 2.29. The van der Waals surface area contributed by atoms with E-state index < -0.39 is 23.4 Å². The molecule has 7 heteroatoms. The van der Waals surface area contributed by atoms with Crippen LogP contribution in [0.5, 0.6) is 5.75 Å². The van der Waals surface area contributed by atoms with Crippen LogP contribution in [-0.2, 0) is 21.5 Å². The third kappa shape index (κ3) is 3.55. The van der Waals surface area contributed by atoms with E-state index in [-0.39, 0.29) is 6.42 Å². The molecule has 0 aliphatic carbocycles. The molecule has 2 aromatic rings. The van der Waals surface area contributed by atoms with E-state index in [0.717, 1.165) is 21.7 Å². The number of nitrogens with zero attached hydrogens (tertiary/aromatic N) is 1. The van der Waals surface area contributed by atoms with Crippen LogP contribution in [-0.4, -0.2) is 30.0 Å². The smallest absolute Gasteiger partial charge is 0.344 e. The highest BCUT2D eigenvalue weighted by Gasteiger charge is 2.50. The van der Waals surface area contributed by atoms with Crippen LogP contribution in [0.1, 0.15) is 29.2 Å². The average Bonchev–Trinajstić information content (AvgIpc) is 2.89. The molecule has 1 heterocycles. The molecule has 0 bridgehead atoms. The van der Waals surface area contributed by atoms with E-state index in [2.05, 4.69) is 10.7 Å². The summed E-state index contributed by atoms with van der Waals surface area (Å²) in [5.41, 5.74) is 4.76. The lowest BCUT2D eigenvalue weighted by molar-refractivity contribution is -0.138. The Balaban J connectivity index is 1.73. The van der Waals surface area contributed by atoms with Gasteiger partial charge in [0.25, 0.3) is 5.91 Å². The number of rotatable bonds is 5. The van der Waals surface area contributed by atoms with Gasteiger partial charge in [-0.05, 0) is 55.2 Å². The van der Waals surface area contributed by atoms with Crippen LogP contribution in [0.4, 0.5) is 4.79 Å². The first-order valence-electron chi connectivity index (χ1n) is 8.91. The molecular formula is C21H23N3O4. The van der Waals surface area contributed by atoms with E-state index in [1.54, 1.807) is 38.3 Å². The van der Waals surface area contributed by atoms with Crippen LogP contribution < -0.4 is 15.5 Å². The first kappa shape index (κ1) is 19.4. The van der Waals surface area contributed by atoms with E-state index in [4.69, 9.17) is 4.74 Å². The number of methoxy groups -OCH3 is 1. The van der Waals surface area contributed by atoms with Crippen LogP contribution in [0.3, 0.4) is 0 Å². The lowest BCUT2D eigenvalue weighted by Crippen LogP contribution is -2.48. The normalized spacial score (nSPS) is 18.8. The maximum absolute atomic E-state index is 12.9. The lowest BCUT2D eigenvalue weighted by Gasteiger charge is -2.22. The van der Waals surface area contributed by atoms with E-state index in [9.17, 15) is 14.4 Å². The third-order valence-electron chi connectivity index (χ3n) is 5.03. The number of hydrazine groups is 1. The highest BCUT2D eigenvalue weighted by atomic mass is 16.5. The second-order valence-electron chi connectivity index (χ2n) is 7.05. The number of hydrogen-bond acceptors (Lipinski definition) is 4. The van der Waals surface area contributed by atoms with Gasteiger partial charge < -0.3 is 10.1 Å². The molecule has 0 saturated carbocycles. The van der Waals surface area contributed by atoms with Crippen molar-refractivity contribution in [2.24, 2.45) is 0 Å². The topological polar surface area (TPSA) is 87.7 Å². The van der Waals surface area contributed by atoms with Crippen molar-refractivity contribution in [3.8, 4) is 5.75 Å². The molecule has 146 valence electrons. The Labute approximate surface area is 163 Å². The van der Waals surface area contributed by atoms with Crippen molar-refractivity contribution in [1.29, 1.82) is 0 Å². The van der Waals surface area contributed by atoms with Crippen LogP contribution in [0.2, 0.25) is 0 Å². The van der Waals surface area contributed by atoms with Crippen molar-refractivity contribution in [1.82, 2.24) is 15.8 Å². The molecule has 0 aromatic heterocycles. The number of nitrogens with one attached hydrogen (secondary N) is 2. The molecule has 1 saturated heterocycles. The number of amides is 4. The van der Waals surface area contributed by atoms with Crippen molar-refractivity contribution in [3.63, 3.8) is 0 Å². The molecule has 3 rings (SSSR count). The van der Waals surface area contributed by atoms with Crippen LogP contribution in [0, 0.1) is 13.8 Å². The number of imide groups is 1. The van der Waals surface area contributed by atoms with Crippen LogP contribution in [0.15, 0.2) is 42.5 Å². The third-order valence-corrected chi connectivity index (χ3v) is 5.03. The molecule has 1 aliphatic heterocycles. The van der Waals surface area contributed by atoms with Gasteiger partial charge in [0.05, 0.1) is 13.5 Å². The second kappa shape index (κ2) is 7.34. The van der Waals surface area contributed by atoms with Crippen molar-refractivity contribution >= 4 is 17.8 Å². The number of carbonyl (C=O) groups is 3. The van der Waals surface area contributed by atoms with Crippen molar-refractivity contribution in [2.75, 3.05) is 7.11 Å². The molecule has 1 fully saturated rings. The number of ether oxygens (including phenoxy) is 1. The quantitative estimate of drug-likeness (QED) is 0.779. The van der Waals surface area contributed by atoms with Gasteiger partial charge in [0, 0.05) is 0 Å². The first-order chi connectivity index (χ1) is 13.2. The number of carbonyl (C=O) groups excluding carboxylic acids is 3. The maximum Gasteiger partial charge on any atom is 0.344 e. The molecule has 28 heavy (non-hydrogen) atoms. The maximum atomic E-state index is 12.9. The summed E-state index contributed by atoms with van der Waals surface area (Å²) in [5.74, 6) is -0.343. The van der Waals surface area contributed by atoms with Gasteiger partial charge in [0.15, 0.2) is 0 Å². The minimum Gasteiger partial charge on any atom is -0.497 e. The number of hydrogen-bond donors (Lipinski definition) is 2. The van der Waals surface area contributed by atoms with E-state index >= 15 is 0 Å². The minimum atomic E-state index is -1.27. The summed E-state index contributed by atoms with van der Waals surface area (Å²) in [6, 6.07) is 11.9. The molecule has 2 aromatic carbocycles. The van der Waals surface area contributed by atoms with Gasteiger partial charge in [0.2, 0.25) is 5.91 Å². The van der Waals surface area contributed by atoms with Crippen LogP contribution in [0.25, 0.3) is 0 Å². The summed E-state index contributed by atoms with van der Waals surface area (Å²) in [6.07, 6.45) is 0.0669. The van der Waals surface area contributed by atoms with Gasteiger partial charge in [0.1, 0.15) is 11.3 Å². The molecular weight excluding hydrogens is 358 g/mol. The monoisotopic (exact) mass is 381 g/mol. The van der Waals surface area contributed by atoms with Gasteiger partial charge in [-0.25, -0.2) is 4.79 Å². The van der Waals surface area contributed by atoms with Gasteiger partial charge in [-0.15, -0.1) is 0 Å². The lowest BCUT2D eigenvalue weighted by atomic mass is 9.92. The van der Waals surface area contributed by atoms with Gasteiger partial charge in [-0.2, -0.15) is 5.01 Å². The van der Waals surface area contributed by atoms with Crippen LogP contribution >= 0.6 is 0 Å². The van der Waals surface area contributed by atoms with Gasteiger partial charge in [-0.3, -0.25) is 15.0 Å². The van der Waals surface area contributed by atoms with Crippen molar-refractivity contribution in [2.45, 2.75) is 32.7 Å². The zero-order chi connectivity index (χ0) is 20.5. The Morgan fingerprint density at radius 3 is 2.39 bits per heavy atom. The summed E-state index contributed by atoms with van der Waals surface area (Å²) in [5, 5.41) is 3.40. The zero-order valence-corrected chi connectivity index (χ0v) is 16.3. The number of benzene rings is 2. The summed E-state index contributed by atoms with van der Waals surface area (Å²) in [6.45, 7) is 5.56. The Kier molecular flexibility index (Phi) is 5.09. The first-order valence-corrected chi connectivity index (χ1v) is 8.91. The SMILES string of the molecule is COc1ccc([C@@]2(C)NC(=O)N(NC(=O)Cc3ccc(C)c(C)c3)C2=O)cc1. The predicted molar refractivity (Wildman–Crippen MR) is 103 cm³/mol. The van der Waals surface area contributed by atoms with E-state index in [0.29, 0.717) is 11.3 Å². The number of urea groups is 1. The largest absolute Gasteiger partial charge is 0.497 e. The van der Waals surface area contributed by atoms with Gasteiger partial charge in [-0.1, -0.05) is 30.3 Å². The molecule has 0 radical (unpaired) electrons. The summed E-state index contributed by atoms with van der Waals surface area (Å²) < 4.78 is 5.12. The summed E-state index contributed by atoms with van der Waals surface area (Å²) in [7, 11) is 1.55. The number of aryl methyl sites for hydroxylation is 2. The van der Waals surface area contributed by atoms with Gasteiger partial charge >= 0.3 is 6.03 Å². The fourth-order valence-electron chi connectivity index (χ4n) is 3.12. The molecule has 2 N–H and O–H groups in total.